The van der Waals surface area contributed by atoms with E-state index in [9.17, 15) is 26.0 Å². The van der Waals surface area contributed by atoms with Gasteiger partial charge in [0, 0.05) is 26.7 Å². The van der Waals surface area contributed by atoms with Crippen molar-refractivity contribution in [1.29, 1.82) is 0 Å². The minimum Gasteiger partial charge on any atom is -0.495 e. The molecule has 0 spiro atoms. The third kappa shape index (κ3) is 5.93. The van der Waals surface area contributed by atoms with Gasteiger partial charge in [0.15, 0.2) is 0 Å². The number of nitrogens with zero attached hydrogens (tertiary/aromatic N) is 2. The number of ether oxygens (including phenoxy) is 1. The molecule has 1 heterocycles. The fourth-order valence-electron chi connectivity index (χ4n) is 3.62. The third-order valence-corrected chi connectivity index (χ3v) is 9.28. The van der Waals surface area contributed by atoms with E-state index in [2.05, 4.69) is 5.32 Å². The van der Waals surface area contributed by atoms with E-state index < -0.39 is 38.3 Å². The lowest BCUT2D eigenvalue weighted by Gasteiger charge is -2.18. The predicted molar refractivity (Wildman–Crippen MR) is 124 cm³/mol. The van der Waals surface area contributed by atoms with Crippen molar-refractivity contribution in [3.63, 3.8) is 0 Å². The summed E-state index contributed by atoms with van der Waals surface area (Å²) in [5.41, 5.74) is 0.825. The Balaban J connectivity index is 1.54. The SMILES string of the molecule is COc1ccc(F)cc1S(=O)(=O)N(C)CC(=O)NCCc1ccc(S(=O)(=O)N2CCCC2)cc1. The van der Waals surface area contributed by atoms with Gasteiger partial charge in [-0.05, 0) is 55.2 Å². The van der Waals surface area contributed by atoms with Crippen molar-refractivity contribution in [3.05, 3.63) is 53.8 Å². The molecule has 1 fully saturated rings. The molecule has 3 rings (SSSR count). The van der Waals surface area contributed by atoms with Crippen LogP contribution >= 0.6 is 0 Å². The highest BCUT2D eigenvalue weighted by molar-refractivity contribution is 7.89. The highest BCUT2D eigenvalue weighted by Gasteiger charge is 2.28. The van der Waals surface area contributed by atoms with E-state index in [0.29, 0.717) is 19.5 Å². The van der Waals surface area contributed by atoms with E-state index in [0.717, 1.165) is 34.8 Å². The van der Waals surface area contributed by atoms with Gasteiger partial charge in [-0.2, -0.15) is 8.61 Å². The van der Waals surface area contributed by atoms with Crippen molar-refractivity contribution in [3.8, 4) is 5.75 Å². The Kier molecular flexibility index (Phi) is 8.29. The zero-order valence-corrected chi connectivity index (χ0v) is 20.7. The zero-order valence-electron chi connectivity index (χ0n) is 19.0. The van der Waals surface area contributed by atoms with E-state index in [4.69, 9.17) is 4.74 Å². The molecule has 9 nitrogen and oxygen atoms in total. The van der Waals surface area contributed by atoms with E-state index in [1.807, 2.05) is 0 Å². The lowest BCUT2D eigenvalue weighted by molar-refractivity contribution is -0.121. The zero-order chi connectivity index (χ0) is 24.9. The summed E-state index contributed by atoms with van der Waals surface area (Å²) < 4.78 is 71.5. The highest BCUT2D eigenvalue weighted by Crippen LogP contribution is 2.27. The van der Waals surface area contributed by atoms with E-state index in [-0.39, 0.29) is 22.1 Å². The Labute approximate surface area is 199 Å². The van der Waals surface area contributed by atoms with Crippen LogP contribution in [0.3, 0.4) is 0 Å². The Hall–Kier alpha value is -2.54. The quantitative estimate of drug-likeness (QED) is 0.516. The van der Waals surface area contributed by atoms with E-state index in [1.165, 1.54) is 24.5 Å². The number of amides is 1. The molecular weight excluding hydrogens is 485 g/mol. The van der Waals surface area contributed by atoms with Crippen LogP contribution in [0, 0.1) is 5.82 Å². The van der Waals surface area contributed by atoms with Gasteiger partial charge in [0.2, 0.25) is 26.0 Å². The van der Waals surface area contributed by atoms with Crippen molar-refractivity contribution in [1.82, 2.24) is 13.9 Å². The molecule has 2 aromatic rings. The first-order chi connectivity index (χ1) is 16.1. The van der Waals surface area contributed by atoms with Crippen molar-refractivity contribution in [2.45, 2.75) is 29.1 Å². The molecule has 0 bridgehead atoms. The normalized spacial score (nSPS) is 14.9. The molecule has 2 aromatic carbocycles. The molecule has 0 atom stereocenters. The lowest BCUT2D eigenvalue weighted by atomic mass is 10.1. The van der Waals surface area contributed by atoms with Gasteiger partial charge in [-0.1, -0.05) is 12.1 Å². The van der Waals surface area contributed by atoms with Crippen LogP contribution in [-0.4, -0.2) is 71.7 Å². The van der Waals surface area contributed by atoms with Crippen LogP contribution in [-0.2, 0) is 31.3 Å². The molecule has 186 valence electrons. The van der Waals surface area contributed by atoms with Crippen LogP contribution in [0.15, 0.2) is 52.3 Å². The van der Waals surface area contributed by atoms with Crippen molar-refractivity contribution in [2.24, 2.45) is 0 Å². The van der Waals surface area contributed by atoms with Gasteiger partial charge >= 0.3 is 0 Å². The Morgan fingerprint density at radius 3 is 2.35 bits per heavy atom. The molecule has 12 heteroatoms. The van der Waals surface area contributed by atoms with Crippen LogP contribution in [0.1, 0.15) is 18.4 Å². The summed E-state index contributed by atoms with van der Waals surface area (Å²) in [5.74, 6) is -1.30. The number of rotatable bonds is 10. The molecule has 0 unspecified atom stereocenters. The summed E-state index contributed by atoms with van der Waals surface area (Å²) in [6.45, 7) is 0.835. The van der Waals surface area contributed by atoms with Gasteiger partial charge in [0.05, 0.1) is 18.6 Å². The first-order valence-corrected chi connectivity index (χ1v) is 13.6. The maximum Gasteiger partial charge on any atom is 0.247 e. The number of hydrogen-bond donors (Lipinski definition) is 1. The van der Waals surface area contributed by atoms with Crippen LogP contribution in [0.2, 0.25) is 0 Å². The second kappa shape index (κ2) is 10.8. The standard InChI is InChI=1S/C22H28FN3O6S2/c1-25(34(30,31)21-15-18(23)7-10-20(21)32-2)16-22(27)24-12-11-17-5-8-19(9-6-17)33(28,29)26-13-3-4-14-26/h5-10,15H,3-4,11-14,16H2,1-2H3,(H,24,27). The lowest BCUT2D eigenvalue weighted by Crippen LogP contribution is -2.39. The smallest absolute Gasteiger partial charge is 0.247 e. The number of halogens is 1. The molecule has 1 aliphatic heterocycles. The summed E-state index contributed by atoms with van der Waals surface area (Å²) in [5, 5.41) is 2.64. The molecule has 1 N–H and O–H groups in total. The molecule has 0 saturated carbocycles. The van der Waals surface area contributed by atoms with Gasteiger partial charge in [-0.25, -0.2) is 21.2 Å². The maximum absolute atomic E-state index is 13.6. The number of carbonyl (C=O) groups excluding carboxylic acids is 1. The maximum atomic E-state index is 13.6. The average molecular weight is 514 g/mol. The van der Waals surface area contributed by atoms with E-state index in [1.54, 1.807) is 24.3 Å². The molecule has 0 radical (unpaired) electrons. The average Bonchev–Trinajstić information content (AvgIpc) is 3.35. The van der Waals surface area contributed by atoms with Gasteiger partial charge < -0.3 is 10.1 Å². The molecule has 34 heavy (non-hydrogen) atoms. The number of nitrogens with one attached hydrogen (secondary N) is 1. The third-order valence-electron chi connectivity index (χ3n) is 5.54. The second-order valence-electron chi connectivity index (χ2n) is 7.91. The number of sulfonamides is 2. The number of likely N-dealkylation sites (N-methyl/N-ethyl adjacent to an activating group) is 1. The van der Waals surface area contributed by atoms with Crippen molar-refractivity contribution in [2.75, 3.05) is 40.3 Å². The molecule has 0 aliphatic carbocycles. The topological polar surface area (TPSA) is 113 Å². The number of hydrogen-bond acceptors (Lipinski definition) is 6. The van der Waals surface area contributed by atoms with Crippen molar-refractivity contribution >= 4 is 26.0 Å². The first-order valence-electron chi connectivity index (χ1n) is 10.7. The fraction of sp³-hybridized carbons (Fsp3) is 0.409. The Morgan fingerprint density at radius 2 is 1.74 bits per heavy atom. The van der Waals surface area contributed by atoms with Crippen LogP contribution < -0.4 is 10.1 Å². The number of benzene rings is 2. The second-order valence-corrected chi connectivity index (χ2v) is 11.9. The summed E-state index contributed by atoms with van der Waals surface area (Å²) >= 11 is 0. The first kappa shape index (κ1) is 26.1. The van der Waals surface area contributed by atoms with Gasteiger partial charge in [0.1, 0.15) is 16.5 Å². The summed E-state index contributed by atoms with van der Waals surface area (Å²) in [7, 11) is -5.14. The minimum absolute atomic E-state index is 0.0242. The highest BCUT2D eigenvalue weighted by atomic mass is 32.2. The molecule has 1 saturated heterocycles. The van der Waals surface area contributed by atoms with Gasteiger partial charge in [-0.15, -0.1) is 0 Å². The van der Waals surface area contributed by atoms with Crippen LogP contribution in [0.25, 0.3) is 0 Å². The summed E-state index contributed by atoms with van der Waals surface area (Å²) in [6.07, 6.45) is 2.16. The number of methoxy groups -OCH3 is 1. The monoisotopic (exact) mass is 513 g/mol. The van der Waals surface area contributed by atoms with Crippen LogP contribution in [0.5, 0.6) is 5.75 Å². The largest absolute Gasteiger partial charge is 0.495 e. The molecular formula is C22H28FN3O6S2. The van der Waals surface area contributed by atoms with Gasteiger partial charge in [-0.3, -0.25) is 4.79 Å². The summed E-state index contributed by atoms with van der Waals surface area (Å²) in [4.78, 5) is 12.1. The Bertz CT molecular complexity index is 1230. The van der Waals surface area contributed by atoms with Crippen molar-refractivity contribution < 1.29 is 30.8 Å². The molecule has 1 amide bonds. The predicted octanol–water partition coefficient (Wildman–Crippen LogP) is 1.60. The van der Waals surface area contributed by atoms with E-state index >= 15 is 0 Å². The van der Waals surface area contributed by atoms with Crippen LogP contribution in [0.4, 0.5) is 4.39 Å². The fourth-order valence-corrected chi connectivity index (χ4v) is 6.42. The number of carbonyl (C=O) groups is 1. The molecule has 0 aromatic heterocycles. The minimum atomic E-state index is -4.16. The van der Waals surface area contributed by atoms with Gasteiger partial charge in [0.25, 0.3) is 0 Å². The molecule has 1 aliphatic rings. The summed E-state index contributed by atoms with van der Waals surface area (Å²) in [6, 6.07) is 9.63. The Morgan fingerprint density at radius 1 is 1.09 bits per heavy atom.